The Kier molecular flexibility index (Phi) is 4.03. The maximum absolute atomic E-state index is 12.9. The van der Waals surface area contributed by atoms with E-state index < -0.39 is 6.43 Å². The molecule has 1 aliphatic heterocycles. The molecule has 0 radical (unpaired) electrons. The third-order valence-electron chi connectivity index (χ3n) is 4.32. The van der Waals surface area contributed by atoms with Crippen LogP contribution in [-0.2, 0) is 0 Å². The van der Waals surface area contributed by atoms with Gasteiger partial charge in [0.15, 0.2) is 0 Å². The fourth-order valence-electron chi connectivity index (χ4n) is 2.84. The maximum atomic E-state index is 12.9. The topological polar surface area (TPSA) is 58.0 Å². The molecule has 4 rings (SSSR count). The van der Waals surface area contributed by atoms with Gasteiger partial charge < -0.3 is 9.80 Å². The molecule has 1 saturated carbocycles. The molecule has 2 fully saturated rings. The van der Waals surface area contributed by atoms with Crippen LogP contribution in [0.3, 0.4) is 0 Å². The monoisotopic (exact) mass is 352 g/mol. The second kappa shape index (κ2) is 6.19. The van der Waals surface area contributed by atoms with Crippen LogP contribution in [0.25, 0.3) is 0 Å². The largest absolute Gasteiger partial charge is 0.353 e. The number of rotatable bonds is 4. The summed E-state index contributed by atoms with van der Waals surface area (Å²) < 4.78 is 30.3. The molecule has 1 saturated heterocycles. The van der Waals surface area contributed by atoms with Crippen LogP contribution in [0.5, 0.6) is 0 Å². The molecule has 0 bridgehead atoms. The van der Waals surface area contributed by atoms with Crippen molar-refractivity contribution in [1.82, 2.24) is 19.3 Å². The van der Waals surface area contributed by atoms with Crippen LogP contribution in [0.4, 0.5) is 19.7 Å². The van der Waals surface area contributed by atoms with E-state index in [2.05, 4.69) is 24.2 Å². The van der Waals surface area contributed by atoms with Crippen molar-refractivity contribution in [1.29, 1.82) is 0 Å². The number of nitrogens with zero attached hydrogens (tertiary/aromatic N) is 6. The van der Waals surface area contributed by atoms with Crippen LogP contribution in [0.1, 0.15) is 42.5 Å². The van der Waals surface area contributed by atoms with Gasteiger partial charge in [-0.15, -0.1) is 0 Å². The lowest BCUT2D eigenvalue weighted by molar-refractivity contribution is 0.145. The minimum atomic E-state index is -2.58. The summed E-state index contributed by atoms with van der Waals surface area (Å²) in [5.41, 5.74) is -0.210. The van der Waals surface area contributed by atoms with E-state index in [1.807, 2.05) is 4.90 Å². The first-order valence-corrected chi connectivity index (χ1v) is 8.85. The summed E-state index contributed by atoms with van der Waals surface area (Å²) in [5.74, 6) is 2.50. The zero-order valence-electron chi connectivity index (χ0n) is 13.3. The third-order valence-corrected chi connectivity index (χ3v) is 5.11. The van der Waals surface area contributed by atoms with Crippen molar-refractivity contribution in [2.75, 3.05) is 36.0 Å². The number of alkyl halides is 2. The van der Waals surface area contributed by atoms with Crippen LogP contribution >= 0.6 is 11.5 Å². The van der Waals surface area contributed by atoms with Crippen LogP contribution < -0.4 is 9.80 Å². The van der Waals surface area contributed by atoms with Crippen molar-refractivity contribution < 1.29 is 8.78 Å². The quantitative estimate of drug-likeness (QED) is 0.843. The van der Waals surface area contributed by atoms with Gasteiger partial charge in [-0.3, -0.25) is 0 Å². The maximum Gasteiger partial charge on any atom is 0.280 e. The molecule has 128 valence electrons. The van der Waals surface area contributed by atoms with Crippen molar-refractivity contribution in [3.05, 3.63) is 23.4 Å². The number of aromatic nitrogens is 4. The smallest absolute Gasteiger partial charge is 0.280 e. The van der Waals surface area contributed by atoms with Crippen LogP contribution in [0.15, 0.2) is 6.07 Å². The van der Waals surface area contributed by atoms with Gasteiger partial charge in [-0.05, 0) is 19.8 Å². The Balaban J connectivity index is 1.43. The number of halogens is 2. The van der Waals surface area contributed by atoms with Crippen LogP contribution in [-0.4, -0.2) is 45.5 Å². The molecule has 3 heterocycles. The molecule has 0 atom stereocenters. The van der Waals surface area contributed by atoms with E-state index in [0.29, 0.717) is 17.6 Å². The van der Waals surface area contributed by atoms with E-state index in [1.54, 1.807) is 6.92 Å². The van der Waals surface area contributed by atoms with Gasteiger partial charge >= 0.3 is 0 Å². The zero-order chi connectivity index (χ0) is 16.7. The van der Waals surface area contributed by atoms with E-state index in [4.69, 9.17) is 0 Å². The number of hydrogen-bond acceptors (Lipinski definition) is 7. The molecule has 6 nitrogen and oxygen atoms in total. The van der Waals surface area contributed by atoms with Crippen molar-refractivity contribution in [2.45, 2.75) is 32.1 Å². The van der Waals surface area contributed by atoms with Gasteiger partial charge in [-0.2, -0.15) is 4.37 Å². The van der Waals surface area contributed by atoms with Gasteiger partial charge in [-0.25, -0.2) is 23.7 Å². The van der Waals surface area contributed by atoms with E-state index in [-0.39, 0.29) is 5.69 Å². The molecule has 2 aliphatic rings. The fourth-order valence-corrected chi connectivity index (χ4v) is 3.63. The van der Waals surface area contributed by atoms with Gasteiger partial charge in [0.05, 0.1) is 0 Å². The van der Waals surface area contributed by atoms with Gasteiger partial charge in [0.1, 0.15) is 23.2 Å². The highest BCUT2D eigenvalue weighted by molar-refractivity contribution is 7.09. The molecule has 0 amide bonds. The molecular formula is C15H18F2N6S. The standard InChI is InChI=1S/C15H18F2N6S/c1-9-18-11(13(16)17)8-12(19-9)22-4-6-23(7-5-22)15-20-14(21-24-15)10-2-3-10/h8,10,13H,2-7H2,1H3. The van der Waals surface area contributed by atoms with Crippen LogP contribution in [0, 0.1) is 6.92 Å². The van der Waals surface area contributed by atoms with Gasteiger partial charge in [0.2, 0.25) is 5.13 Å². The normalized spacial score (nSPS) is 18.5. The zero-order valence-corrected chi connectivity index (χ0v) is 14.1. The van der Waals surface area contributed by atoms with Crippen molar-refractivity contribution in [3.63, 3.8) is 0 Å². The van der Waals surface area contributed by atoms with Crippen molar-refractivity contribution in [3.8, 4) is 0 Å². The van der Waals surface area contributed by atoms with Gasteiger partial charge in [0, 0.05) is 49.7 Å². The molecule has 0 aromatic carbocycles. The summed E-state index contributed by atoms with van der Waals surface area (Å²) in [6.45, 7) is 4.65. The summed E-state index contributed by atoms with van der Waals surface area (Å²) in [6.07, 6.45) is -0.179. The fraction of sp³-hybridized carbons (Fsp3) is 0.600. The molecule has 1 aliphatic carbocycles. The Morgan fingerprint density at radius 2 is 1.79 bits per heavy atom. The lowest BCUT2D eigenvalue weighted by Crippen LogP contribution is -2.47. The highest BCUT2D eigenvalue weighted by Gasteiger charge is 2.29. The second-order valence-electron chi connectivity index (χ2n) is 6.18. The molecule has 0 unspecified atom stereocenters. The first-order valence-electron chi connectivity index (χ1n) is 8.07. The molecular weight excluding hydrogens is 334 g/mol. The summed E-state index contributed by atoms with van der Waals surface area (Å²) in [7, 11) is 0. The Morgan fingerprint density at radius 3 is 2.46 bits per heavy atom. The summed E-state index contributed by atoms with van der Waals surface area (Å²) in [4.78, 5) is 17.0. The van der Waals surface area contributed by atoms with Crippen LogP contribution in [0.2, 0.25) is 0 Å². The Morgan fingerprint density at radius 1 is 1.08 bits per heavy atom. The summed E-state index contributed by atoms with van der Waals surface area (Å²) >= 11 is 1.45. The number of aryl methyl sites for hydroxylation is 1. The Labute approximate surface area is 142 Å². The first-order chi connectivity index (χ1) is 11.6. The Bertz CT molecular complexity index is 725. The average Bonchev–Trinajstić information content (AvgIpc) is 3.31. The number of anilines is 2. The third kappa shape index (κ3) is 3.17. The van der Waals surface area contributed by atoms with E-state index >= 15 is 0 Å². The Hall–Kier alpha value is -1.90. The number of hydrogen-bond donors (Lipinski definition) is 0. The van der Waals surface area contributed by atoms with E-state index in [9.17, 15) is 8.78 Å². The predicted octanol–water partition coefficient (Wildman–Crippen LogP) is 2.78. The molecule has 2 aromatic rings. The molecule has 24 heavy (non-hydrogen) atoms. The van der Waals surface area contributed by atoms with E-state index in [0.717, 1.165) is 37.1 Å². The molecule has 0 N–H and O–H groups in total. The predicted molar refractivity (Wildman–Crippen MR) is 88.0 cm³/mol. The molecule has 9 heteroatoms. The van der Waals surface area contributed by atoms with Gasteiger partial charge in [-0.1, -0.05) is 0 Å². The highest BCUT2D eigenvalue weighted by Crippen LogP contribution is 2.39. The second-order valence-corrected chi connectivity index (χ2v) is 6.91. The van der Waals surface area contributed by atoms with Crippen molar-refractivity contribution in [2.24, 2.45) is 0 Å². The van der Waals surface area contributed by atoms with Gasteiger partial charge in [0.25, 0.3) is 6.43 Å². The lowest BCUT2D eigenvalue weighted by atomic mass is 10.3. The molecule has 0 spiro atoms. The highest BCUT2D eigenvalue weighted by atomic mass is 32.1. The molecule has 2 aromatic heterocycles. The minimum absolute atomic E-state index is 0.210. The number of piperazine rings is 1. The minimum Gasteiger partial charge on any atom is -0.353 e. The summed E-state index contributed by atoms with van der Waals surface area (Å²) in [5, 5.41) is 0.962. The SMILES string of the molecule is Cc1nc(C(F)F)cc(N2CCN(c3nc(C4CC4)ns3)CC2)n1. The average molecular weight is 352 g/mol. The van der Waals surface area contributed by atoms with Crippen molar-refractivity contribution >= 4 is 22.5 Å². The summed E-state index contributed by atoms with van der Waals surface area (Å²) in [6, 6.07) is 1.39. The van der Waals surface area contributed by atoms with E-state index in [1.165, 1.54) is 30.4 Å². The first kappa shape index (κ1) is 15.6. The lowest BCUT2D eigenvalue weighted by Gasteiger charge is -2.35.